The number of nitrogens with zero attached hydrogens (tertiary/aromatic N) is 1. The molecule has 3 rings (SSSR count). The van der Waals surface area contributed by atoms with Gasteiger partial charge in [0.25, 0.3) is 0 Å². The molecule has 2 fully saturated rings. The van der Waals surface area contributed by atoms with Crippen LogP contribution in [0.25, 0.3) is 0 Å². The van der Waals surface area contributed by atoms with Crippen molar-refractivity contribution in [2.75, 3.05) is 26.3 Å². The van der Waals surface area contributed by atoms with Crippen LogP contribution in [0, 0.1) is 11.3 Å². The third-order valence-electron chi connectivity index (χ3n) is 4.55. The van der Waals surface area contributed by atoms with E-state index in [2.05, 4.69) is 0 Å². The second kappa shape index (κ2) is 5.96. The number of rotatable bonds is 3. The molecule has 0 unspecified atom stereocenters. The van der Waals surface area contributed by atoms with Gasteiger partial charge in [0.2, 0.25) is 0 Å². The lowest BCUT2D eigenvalue weighted by atomic mass is 9.76. The first-order chi connectivity index (χ1) is 10.6. The fraction of sp³-hybridized carbons (Fsp3) is 0.500. The van der Waals surface area contributed by atoms with Crippen LogP contribution < -0.4 is 0 Å². The molecule has 2 aliphatic heterocycles. The molecule has 0 radical (unpaired) electrons. The molecule has 1 aromatic rings. The number of likely N-dealkylation sites (tertiary alicyclic amines) is 1. The molecule has 2 heterocycles. The number of ether oxygens (including phenoxy) is 2. The Balaban J connectivity index is 1.63. The lowest BCUT2D eigenvalue weighted by Crippen LogP contribution is -2.46. The van der Waals surface area contributed by atoms with Crippen LogP contribution in [0.15, 0.2) is 30.3 Å². The van der Waals surface area contributed by atoms with E-state index in [1.54, 1.807) is 0 Å². The molecule has 2 aliphatic rings. The molecule has 6 nitrogen and oxygen atoms in total. The summed E-state index contributed by atoms with van der Waals surface area (Å²) in [5.41, 5.74) is -0.0759. The molecule has 6 heteroatoms. The number of carboxylic acid groups (broad SMARTS) is 1. The van der Waals surface area contributed by atoms with E-state index in [-0.39, 0.29) is 25.7 Å². The largest absolute Gasteiger partial charge is 0.481 e. The minimum Gasteiger partial charge on any atom is -0.481 e. The second-order valence-corrected chi connectivity index (χ2v) is 5.92. The van der Waals surface area contributed by atoms with Crippen LogP contribution in [0.5, 0.6) is 0 Å². The van der Waals surface area contributed by atoms with E-state index in [0.29, 0.717) is 19.6 Å². The Bertz CT molecular complexity index is 561. The third-order valence-corrected chi connectivity index (χ3v) is 4.55. The van der Waals surface area contributed by atoms with Crippen molar-refractivity contribution in [3.05, 3.63) is 35.9 Å². The van der Waals surface area contributed by atoms with E-state index in [9.17, 15) is 14.7 Å². The first-order valence-electron chi connectivity index (χ1n) is 7.38. The van der Waals surface area contributed by atoms with Gasteiger partial charge in [0, 0.05) is 19.7 Å². The van der Waals surface area contributed by atoms with Gasteiger partial charge < -0.3 is 19.5 Å². The summed E-state index contributed by atoms with van der Waals surface area (Å²) in [6.07, 6.45) is 0.202. The number of benzene rings is 1. The number of fused-ring (bicyclic) bond motifs is 1. The standard InChI is InChI=1S/C16H19NO5/c18-14(19)16-10-17(8-13(16)6-7-21-11-16)15(20)22-9-12-4-2-1-3-5-12/h1-5,13H,6-11H2,(H,18,19)/t13-,16-/m0/s1. The average Bonchev–Trinajstić information content (AvgIpc) is 2.95. The molecule has 118 valence electrons. The predicted octanol–water partition coefficient (Wildman–Crippen LogP) is 1.75. The van der Waals surface area contributed by atoms with Crippen molar-refractivity contribution in [2.24, 2.45) is 11.3 Å². The molecule has 2 atom stereocenters. The first kappa shape index (κ1) is 14.8. The topological polar surface area (TPSA) is 76.1 Å². The van der Waals surface area contributed by atoms with Crippen LogP contribution in [-0.4, -0.2) is 48.4 Å². The van der Waals surface area contributed by atoms with Gasteiger partial charge in [-0.15, -0.1) is 0 Å². The van der Waals surface area contributed by atoms with Gasteiger partial charge in [-0.1, -0.05) is 30.3 Å². The highest BCUT2D eigenvalue weighted by atomic mass is 16.6. The molecule has 1 N–H and O–H groups in total. The van der Waals surface area contributed by atoms with Crippen LogP contribution in [0.2, 0.25) is 0 Å². The van der Waals surface area contributed by atoms with Crippen LogP contribution in [0.1, 0.15) is 12.0 Å². The van der Waals surface area contributed by atoms with E-state index in [4.69, 9.17) is 9.47 Å². The first-order valence-corrected chi connectivity index (χ1v) is 7.38. The summed E-state index contributed by atoms with van der Waals surface area (Å²) >= 11 is 0. The zero-order valence-electron chi connectivity index (χ0n) is 12.2. The Morgan fingerprint density at radius 1 is 1.36 bits per heavy atom. The quantitative estimate of drug-likeness (QED) is 0.920. The highest BCUT2D eigenvalue weighted by molar-refractivity contribution is 5.78. The summed E-state index contributed by atoms with van der Waals surface area (Å²) in [7, 11) is 0. The minimum atomic E-state index is -0.982. The molecule has 2 saturated heterocycles. The Kier molecular flexibility index (Phi) is 4.02. The van der Waals surface area contributed by atoms with E-state index in [1.165, 1.54) is 4.90 Å². The number of carbonyl (C=O) groups is 2. The second-order valence-electron chi connectivity index (χ2n) is 5.92. The fourth-order valence-electron chi connectivity index (χ4n) is 3.24. The Hall–Kier alpha value is -2.08. The number of carboxylic acids is 1. The molecule has 22 heavy (non-hydrogen) atoms. The van der Waals surface area contributed by atoms with Gasteiger partial charge in [0.1, 0.15) is 12.0 Å². The molecule has 0 aliphatic carbocycles. The highest BCUT2D eigenvalue weighted by Crippen LogP contribution is 2.41. The lowest BCUT2D eigenvalue weighted by molar-refractivity contribution is -0.159. The summed E-state index contributed by atoms with van der Waals surface area (Å²) < 4.78 is 10.6. The normalized spacial score (nSPS) is 27.3. The van der Waals surface area contributed by atoms with E-state index >= 15 is 0 Å². The maximum absolute atomic E-state index is 12.2. The predicted molar refractivity (Wildman–Crippen MR) is 77.2 cm³/mol. The van der Waals surface area contributed by atoms with Crippen molar-refractivity contribution >= 4 is 12.1 Å². The van der Waals surface area contributed by atoms with Crippen LogP contribution in [-0.2, 0) is 20.9 Å². The molecule has 0 saturated carbocycles. The van der Waals surface area contributed by atoms with Crippen molar-refractivity contribution in [1.82, 2.24) is 4.90 Å². The maximum Gasteiger partial charge on any atom is 0.410 e. The number of amides is 1. The Labute approximate surface area is 128 Å². The maximum atomic E-state index is 12.2. The average molecular weight is 305 g/mol. The van der Waals surface area contributed by atoms with Gasteiger partial charge in [-0.3, -0.25) is 4.79 Å². The number of hydrogen-bond acceptors (Lipinski definition) is 4. The van der Waals surface area contributed by atoms with Gasteiger partial charge in [-0.05, 0) is 17.9 Å². The van der Waals surface area contributed by atoms with Gasteiger partial charge >= 0.3 is 12.1 Å². The van der Waals surface area contributed by atoms with E-state index in [0.717, 1.165) is 5.56 Å². The summed E-state index contributed by atoms with van der Waals surface area (Å²) in [5, 5.41) is 9.55. The van der Waals surface area contributed by atoms with Crippen molar-refractivity contribution < 1.29 is 24.2 Å². The van der Waals surface area contributed by atoms with Gasteiger partial charge in [0.15, 0.2) is 0 Å². The number of hydrogen-bond donors (Lipinski definition) is 1. The lowest BCUT2D eigenvalue weighted by Gasteiger charge is -2.33. The number of carbonyl (C=O) groups excluding carboxylic acids is 1. The highest BCUT2D eigenvalue weighted by Gasteiger charge is 2.55. The molecule has 0 aromatic heterocycles. The van der Waals surface area contributed by atoms with E-state index < -0.39 is 17.5 Å². The summed E-state index contributed by atoms with van der Waals surface area (Å²) in [5.74, 6) is -0.960. The minimum absolute atomic E-state index is 0.0666. The molecule has 1 aromatic carbocycles. The zero-order valence-corrected chi connectivity index (χ0v) is 12.2. The Morgan fingerprint density at radius 2 is 2.14 bits per heavy atom. The van der Waals surface area contributed by atoms with Gasteiger partial charge in [-0.25, -0.2) is 4.79 Å². The Morgan fingerprint density at radius 3 is 2.82 bits per heavy atom. The SMILES string of the molecule is O=C(OCc1ccccc1)N1C[C@@H]2CCOC[C@@]2(C(=O)O)C1. The van der Waals surface area contributed by atoms with Crippen molar-refractivity contribution in [2.45, 2.75) is 13.0 Å². The van der Waals surface area contributed by atoms with Crippen LogP contribution in [0.3, 0.4) is 0 Å². The van der Waals surface area contributed by atoms with Crippen molar-refractivity contribution in [1.29, 1.82) is 0 Å². The summed E-state index contributed by atoms with van der Waals surface area (Å²) in [6.45, 7) is 1.48. The van der Waals surface area contributed by atoms with Crippen molar-refractivity contribution in [3.63, 3.8) is 0 Å². The summed E-state index contributed by atoms with van der Waals surface area (Å²) in [6, 6.07) is 9.41. The monoisotopic (exact) mass is 305 g/mol. The summed E-state index contributed by atoms with van der Waals surface area (Å²) in [4.78, 5) is 25.3. The van der Waals surface area contributed by atoms with Crippen LogP contribution >= 0.6 is 0 Å². The molecular weight excluding hydrogens is 286 g/mol. The molecule has 0 bridgehead atoms. The third kappa shape index (κ3) is 2.66. The molecule has 0 spiro atoms. The van der Waals surface area contributed by atoms with Crippen molar-refractivity contribution in [3.8, 4) is 0 Å². The molecular formula is C16H19NO5. The number of aliphatic carboxylic acids is 1. The van der Waals surface area contributed by atoms with Crippen LogP contribution in [0.4, 0.5) is 4.79 Å². The fourth-order valence-corrected chi connectivity index (χ4v) is 3.24. The molecule has 1 amide bonds. The van der Waals surface area contributed by atoms with E-state index in [1.807, 2.05) is 30.3 Å². The van der Waals surface area contributed by atoms with Gasteiger partial charge in [-0.2, -0.15) is 0 Å². The smallest absolute Gasteiger partial charge is 0.410 e. The van der Waals surface area contributed by atoms with Gasteiger partial charge in [0.05, 0.1) is 6.61 Å². The zero-order chi connectivity index (χ0) is 15.6.